The maximum absolute atomic E-state index is 12.9. The Morgan fingerprint density at radius 3 is 2.34 bits per heavy atom. The summed E-state index contributed by atoms with van der Waals surface area (Å²) in [5.74, 6) is 0.741. The number of aryl methyl sites for hydroxylation is 1. The number of thioether (sulfide) groups is 1. The number of nitrogens with zero attached hydrogens (tertiary/aromatic N) is 1. The highest BCUT2D eigenvalue weighted by Gasteiger charge is 2.34. The first-order valence-corrected chi connectivity index (χ1v) is 14.4. The number of halogens is 1. The number of ether oxygens (including phenoxy) is 1. The van der Waals surface area contributed by atoms with E-state index in [2.05, 4.69) is 13.8 Å². The summed E-state index contributed by atoms with van der Waals surface area (Å²) in [6.45, 7) is 6.45. The lowest BCUT2D eigenvalue weighted by Gasteiger charge is -2.17. The van der Waals surface area contributed by atoms with E-state index in [0.717, 1.165) is 33.5 Å². The average Bonchev–Trinajstić information content (AvgIpc) is 3.12. The highest BCUT2D eigenvalue weighted by Crippen LogP contribution is 2.33. The Labute approximate surface area is 231 Å². The fourth-order valence-electron chi connectivity index (χ4n) is 3.73. The molecule has 1 aliphatic rings. The molecule has 0 aromatic heterocycles. The third-order valence-electron chi connectivity index (χ3n) is 5.72. The normalized spacial score (nSPS) is 15.0. The molecule has 0 N–H and O–H groups in total. The van der Waals surface area contributed by atoms with Gasteiger partial charge in [-0.1, -0.05) is 49.7 Å². The van der Waals surface area contributed by atoms with Crippen LogP contribution < -0.4 is 8.92 Å². The third kappa shape index (κ3) is 6.59. The van der Waals surface area contributed by atoms with Gasteiger partial charge in [-0.3, -0.25) is 14.5 Å². The Hall–Kier alpha value is -3.27. The Kier molecular flexibility index (Phi) is 8.50. The molecule has 4 rings (SSSR count). The van der Waals surface area contributed by atoms with Crippen molar-refractivity contribution in [1.82, 2.24) is 4.90 Å². The monoisotopic (exact) mass is 571 g/mol. The molecule has 2 amide bonds. The molecule has 3 aromatic carbocycles. The van der Waals surface area contributed by atoms with Crippen LogP contribution in [0, 0.1) is 6.92 Å². The van der Waals surface area contributed by atoms with Crippen LogP contribution in [-0.2, 0) is 14.9 Å². The summed E-state index contributed by atoms with van der Waals surface area (Å²) in [6, 6.07) is 17.8. The average molecular weight is 572 g/mol. The van der Waals surface area contributed by atoms with Gasteiger partial charge in [0.25, 0.3) is 11.1 Å². The van der Waals surface area contributed by atoms with Crippen LogP contribution in [0.5, 0.6) is 11.5 Å². The minimum absolute atomic E-state index is 0.0218. The number of carbonyl (C=O) groups is 2. The minimum Gasteiger partial charge on any atom is -0.491 e. The van der Waals surface area contributed by atoms with Crippen molar-refractivity contribution >= 4 is 50.7 Å². The molecule has 1 aliphatic heterocycles. The summed E-state index contributed by atoms with van der Waals surface area (Å²) >= 11 is 6.66. The number of benzene rings is 3. The maximum Gasteiger partial charge on any atom is 0.339 e. The SMILES string of the molecule is Cc1ccc(C(C)C)c(OCCN2C(=O)S/C(=C\c3ccc(OS(=O)(=O)c4ccc(Cl)cc4)cc3)C2=O)c1. The van der Waals surface area contributed by atoms with Gasteiger partial charge < -0.3 is 8.92 Å². The summed E-state index contributed by atoms with van der Waals surface area (Å²) in [6.07, 6.45) is 1.58. The van der Waals surface area contributed by atoms with E-state index >= 15 is 0 Å². The second kappa shape index (κ2) is 11.6. The second-order valence-corrected chi connectivity index (χ2v) is 11.9. The van der Waals surface area contributed by atoms with Gasteiger partial charge in [-0.25, -0.2) is 0 Å². The highest BCUT2D eigenvalue weighted by molar-refractivity contribution is 8.18. The standard InChI is InChI=1S/C28H26ClNO6S2/c1-18(2)24-13-4-19(3)16-25(24)35-15-14-30-27(31)26(37-28(30)32)17-20-5-9-22(10-6-20)36-38(33,34)23-11-7-21(29)8-12-23/h4-13,16-18H,14-15H2,1-3H3/b26-17-. The molecule has 1 fully saturated rings. The van der Waals surface area contributed by atoms with Gasteiger partial charge in [0, 0.05) is 5.02 Å². The fraction of sp³-hybridized carbons (Fsp3) is 0.214. The molecule has 0 bridgehead atoms. The van der Waals surface area contributed by atoms with E-state index in [4.69, 9.17) is 20.5 Å². The molecule has 198 valence electrons. The van der Waals surface area contributed by atoms with Gasteiger partial charge in [-0.2, -0.15) is 8.42 Å². The van der Waals surface area contributed by atoms with Crippen molar-refractivity contribution in [1.29, 1.82) is 0 Å². The smallest absolute Gasteiger partial charge is 0.339 e. The first-order chi connectivity index (χ1) is 18.0. The summed E-state index contributed by atoms with van der Waals surface area (Å²) in [4.78, 5) is 26.8. The fourth-order valence-corrected chi connectivity index (χ4v) is 5.65. The first kappa shape index (κ1) is 27.8. The lowest BCUT2D eigenvalue weighted by Crippen LogP contribution is -2.32. The number of rotatable bonds is 9. The van der Waals surface area contributed by atoms with Gasteiger partial charge in [-0.05, 0) is 89.8 Å². The van der Waals surface area contributed by atoms with Crippen LogP contribution in [0.4, 0.5) is 4.79 Å². The van der Waals surface area contributed by atoms with E-state index < -0.39 is 16.0 Å². The molecule has 10 heteroatoms. The summed E-state index contributed by atoms with van der Waals surface area (Å²) < 4.78 is 36.0. The maximum atomic E-state index is 12.9. The largest absolute Gasteiger partial charge is 0.491 e. The van der Waals surface area contributed by atoms with Crippen molar-refractivity contribution in [3.8, 4) is 11.5 Å². The number of hydrogen-bond donors (Lipinski definition) is 0. The van der Waals surface area contributed by atoms with Crippen molar-refractivity contribution in [2.75, 3.05) is 13.2 Å². The third-order valence-corrected chi connectivity index (χ3v) is 8.14. The van der Waals surface area contributed by atoms with E-state index in [9.17, 15) is 18.0 Å². The van der Waals surface area contributed by atoms with E-state index in [0.29, 0.717) is 10.6 Å². The quantitative estimate of drug-likeness (QED) is 0.210. The predicted molar refractivity (Wildman–Crippen MR) is 149 cm³/mol. The molecule has 38 heavy (non-hydrogen) atoms. The van der Waals surface area contributed by atoms with E-state index in [1.54, 1.807) is 18.2 Å². The van der Waals surface area contributed by atoms with Crippen molar-refractivity contribution in [2.24, 2.45) is 0 Å². The van der Waals surface area contributed by atoms with Crippen LogP contribution in [0.3, 0.4) is 0 Å². The van der Waals surface area contributed by atoms with Crippen molar-refractivity contribution in [3.63, 3.8) is 0 Å². The second-order valence-electron chi connectivity index (χ2n) is 8.94. The Morgan fingerprint density at radius 1 is 1.00 bits per heavy atom. The van der Waals surface area contributed by atoms with Crippen LogP contribution in [0.1, 0.15) is 36.5 Å². The molecule has 0 unspecified atom stereocenters. The first-order valence-electron chi connectivity index (χ1n) is 11.8. The Bertz CT molecular complexity index is 1480. The van der Waals surface area contributed by atoms with Gasteiger partial charge in [0.05, 0.1) is 11.4 Å². The molecular weight excluding hydrogens is 546 g/mol. The summed E-state index contributed by atoms with van der Waals surface area (Å²) in [7, 11) is -4.02. The lowest BCUT2D eigenvalue weighted by molar-refractivity contribution is -0.123. The summed E-state index contributed by atoms with van der Waals surface area (Å²) in [5.41, 5.74) is 2.75. The number of hydrogen-bond acceptors (Lipinski definition) is 7. The van der Waals surface area contributed by atoms with Gasteiger partial charge in [-0.15, -0.1) is 0 Å². The van der Waals surface area contributed by atoms with Gasteiger partial charge in [0.15, 0.2) is 0 Å². The van der Waals surface area contributed by atoms with Crippen LogP contribution in [-0.4, -0.2) is 37.6 Å². The van der Waals surface area contributed by atoms with Crippen molar-refractivity contribution < 1.29 is 26.9 Å². The molecule has 7 nitrogen and oxygen atoms in total. The van der Waals surface area contributed by atoms with Gasteiger partial charge in [0.2, 0.25) is 0 Å². The molecule has 0 saturated carbocycles. The van der Waals surface area contributed by atoms with E-state index in [1.165, 1.54) is 36.4 Å². The van der Waals surface area contributed by atoms with Crippen LogP contribution in [0.25, 0.3) is 6.08 Å². The number of imide groups is 1. The molecule has 1 saturated heterocycles. The highest BCUT2D eigenvalue weighted by atomic mass is 35.5. The lowest BCUT2D eigenvalue weighted by atomic mass is 10.0. The van der Waals surface area contributed by atoms with Gasteiger partial charge in [0.1, 0.15) is 23.0 Å². The predicted octanol–water partition coefficient (Wildman–Crippen LogP) is 6.65. The molecule has 0 aliphatic carbocycles. The Morgan fingerprint density at radius 2 is 1.68 bits per heavy atom. The molecule has 3 aromatic rings. The van der Waals surface area contributed by atoms with Crippen molar-refractivity contribution in [2.45, 2.75) is 31.6 Å². The van der Waals surface area contributed by atoms with E-state index in [-0.39, 0.29) is 39.9 Å². The van der Waals surface area contributed by atoms with Crippen LogP contribution in [0.2, 0.25) is 5.02 Å². The van der Waals surface area contributed by atoms with Crippen LogP contribution in [0.15, 0.2) is 76.5 Å². The van der Waals surface area contributed by atoms with Crippen LogP contribution >= 0.6 is 23.4 Å². The number of amides is 2. The zero-order valence-corrected chi connectivity index (χ0v) is 23.4. The zero-order valence-electron chi connectivity index (χ0n) is 21.0. The number of carbonyl (C=O) groups excluding carboxylic acids is 2. The molecular formula is C28H26ClNO6S2. The zero-order chi connectivity index (χ0) is 27.4. The Balaban J connectivity index is 1.39. The molecule has 0 radical (unpaired) electrons. The molecule has 0 atom stereocenters. The molecule has 0 spiro atoms. The molecule has 1 heterocycles. The topological polar surface area (TPSA) is 90.0 Å². The summed E-state index contributed by atoms with van der Waals surface area (Å²) in [5, 5.41) is 0.0453. The van der Waals surface area contributed by atoms with Crippen molar-refractivity contribution in [3.05, 3.63) is 93.3 Å². The van der Waals surface area contributed by atoms with E-state index in [1.807, 2.05) is 25.1 Å². The minimum atomic E-state index is -4.02. The van der Waals surface area contributed by atoms with Gasteiger partial charge >= 0.3 is 10.1 Å².